The van der Waals surface area contributed by atoms with E-state index >= 15 is 0 Å². The molecule has 0 N–H and O–H groups in total. The highest BCUT2D eigenvalue weighted by molar-refractivity contribution is 7.91. The highest BCUT2D eigenvalue weighted by Crippen LogP contribution is 2.28. The monoisotopic (exact) mass is 233 g/mol. The molecule has 0 spiro atoms. The standard InChI is InChI=1S/C9H15NO2S2/c1-14(11,12)9-4-2-8(3-5-9)6-10-7-13/h8-9H,2-6H2,1H3. The molecule has 3 nitrogen and oxygen atoms in total. The van der Waals surface area contributed by atoms with Gasteiger partial charge in [0.25, 0.3) is 0 Å². The van der Waals surface area contributed by atoms with Gasteiger partial charge < -0.3 is 0 Å². The van der Waals surface area contributed by atoms with Crippen LogP contribution < -0.4 is 0 Å². The molecule has 14 heavy (non-hydrogen) atoms. The summed E-state index contributed by atoms with van der Waals surface area (Å²) in [6.07, 6.45) is 4.76. The summed E-state index contributed by atoms with van der Waals surface area (Å²) < 4.78 is 22.5. The Bertz CT molecular complexity index is 323. The van der Waals surface area contributed by atoms with Crippen LogP contribution in [0.15, 0.2) is 4.99 Å². The Morgan fingerprint density at radius 1 is 1.36 bits per heavy atom. The highest BCUT2D eigenvalue weighted by Gasteiger charge is 2.27. The van der Waals surface area contributed by atoms with Crippen LogP contribution in [-0.4, -0.2) is 31.6 Å². The summed E-state index contributed by atoms with van der Waals surface area (Å²) in [5, 5.41) is 2.22. The molecule has 0 unspecified atom stereocenters. The Kier molecular flexibility index (Phi) is 4.23. The van der Waals surface area contributed by atoms with Gasteiger partial charge in [0.2, 0.25) is 0 Å². The Morgan fingerprint density at radius 2 is 1.93 bits per heavy atom. The van der Waals surface area contributed by atoms with Crippen LogP contribution in [0.5, 0.6) is 0 Å². The lowest BCUT2D eigenvalue weighted by Gasteiger charge is -2.25. The second-order valence-electron chi connectivity index (χ2n) is 3.90. The first kappa shape index (κ1) is 11.8. The molecule has 1 aliphatic carbocycles. The topological polar surface area (TPSA) is 46.5 Å². The van der Waals surface area contributed by atoms with Gasteiger partial charge >= 0.3 is 0 Å². The van der Waals surface area contributed by atoms with E-state index in [0.29, 0.717) is 12.5 Å². The lowest BCUT2D eigenvalue weighted by atomic mass is 9.89. The first-order valence-corrected chi connectivity index (χ1v) is 7.13. The third-order valence-electron chi connectivity index (χ3n) is 2.81. The number of sulfone groups is 1. The summed E-state index contributed by atoms with van der Waals surface area (Å²) in [5.41, 5.74) is 0. The number of nitrogens with zero attached hydrogens (tertiary/aromatic N) is 1. The molecule has 0 atom stereocenters. The Balaban J connectivity index is 2.42. The fraction of sp³-hybridized carbons (Fsp3) is 0.889. The molecule has 5 heteroatoms. The van der Waals surface area contributed by atoms with Crippen LogP contribution in [0.3, 0.4) is 0 Å². The quantitative estimate of drug-likeness (QED) is 0.550. The molecular weight excluding hydrogens is 218 g/mol. The van der Waals surface area contributed by atoms with Crippen molar-refractivity contribution in [1.82, 2.24) is 0 Å². The lowest BCUT2D eigenvalue weighted by molar-refractivity contribution is 0.366. The van der Waals surface area contributed by atoms with E-state index in [4.69, 9.17) is 0 Å². The van der Waals surface area contributed by atoms with Crippen LogP contribution in [0.2, 0.25) is 0 Å². The van der Waals surface area contributed by atoms with Crippen molar-refractivity contribution in [2.45, 2.75) is 30.9 Å². The normalized spacial score (nSPS) is 28.1. The van der Waals surface area contributed by atoms with Crippen molar-refractivity contribution >= 4 is 27.2 Å². The molecule has 0 aromatic rings. The van der Waals surface area contributed by atoms with Gasteiger partial charge in [-0.3, -0.25) is 0 Å². The summed E-state index contributed by atoms with van der Waals surface area (Å²) in [4.78, 5) is 3.90. The van der Waals surface area contributed by atoms with E-state index in [2.05, 4.69) is 22.4 Å². The van der Waals surface area contributed by atoms with E-state index in [-0.39, 0.29) is 5.25 Å². The molecule has 0 radical (unpaired) electrons. The molecule has 0 aliphatic heterocycles. The maximum absolute atomic E-state index is 11.3. The number of hydrogen-bond acceptors (Lipinski definition) is 4. The summed E-state index contributed by atoms with van der Waals surface area (Å²) in [6.45, 7) is 0.708. The number of hydrogen-bond donors (Lipinski definition) is 0. The predicted molar refractivity (Wildman–Crippen MR) is 60.5 cm³/mol. The molecule has 80 valence electrons. The molecule has 0 saturated heterocycles. The van der Waals surface area contributed by atoms with E-state index in [0.717, 1.165) is 25.7 Å². The van der Waals surface area contributed by atoms with Crippen molar-refractivity contribution in [3.8, 4) is 0 Å². The molecule has 0 heterocycles. The minimum absolute atomic E-state index is 0.129. The van der Waals surface area contributed by atoms with Gasteiger partial charge in [0.1, 0.15) is 9.84 Å². The summed E-state index contributed by atoms with van der Waals surface area (Å²) in [6, 6.07) is 0. The molecule has 1 fully saturated rings. The second kappa shape index (κ2) is 5.01. The minimum Gasteiger partial charge on any atom is -0.232 e. The van der Waals surface area contributed by atoms with Crippen LogP contribution in [0.25, 0.3) is 0 Å². The van der Waals surface area contributed by atoms with Gasteiger partial charge in [-0.1, -0.05) is 0 Å². The number of aliphatic imine (C=N–C) groups is 1. The maximum Gasteiger partial charge on any atom is 0.150 e. The smallest absolute Gasteiger partial charge is 0.150 e. The first-order chi connectivity index (χ1) is 6.54. The predicted octanol–water partition coefficient (Wildman–Crippen LogP) is 1.69. The van der Waals surface area contributed by atoms with Crippen molar-refractivity contribution in [1.29, 1.82) is 0 Å². The van der Waals surface area contributed by atoms with Crippen LogP contribution in [-0.2, 0) is 9.84 Å². The Labute approximate surface area is 90.5 Å². The fourth-order valence-electron chi connectivity index (χ4n) is 1.91. The average Bonchev–Trinajstić information content (AvgIpc) is 2.14. The van der Waals surface area contributed by atoms with Gasteiger partial charge in [-0.2, -0.15) is 0 Å². The molecule has 1 aliphatic rings. The van der Waals surface area contributed by atoms with Crippen molar-refractivity contribution < 1.29 is 8.42 Å². The Hall–Kier alpha value is -0.250. The van der Waals surface area contributed by atoms with Crippen LogP contribution >= 0.6 is 12.2 Å². The second-order valence-corrected chi connectivity index (χ2v) is 6.41. The van der Waals surface area contributed by atoms with E-state index in [1.165, 1.54) is 6.26 Å². The number of thiocarbonyl (C=S) groups is 1. The van der Waals surface area contributed by atoms with Crippen LogP contribution in [0.1, 0.15) is 25.7 Å². The summed E-state index contributed by atoms with van der Waals surface area (Å²) in [5.74, 6) is 0.503. The number of isothiocyanates is 1. The summed E-state index contributed by atoms with van der Waals surface area (Å²) in [7, 11) is -2.84. The van der Waals surface area contributed by atoms with E-state index in [9.17, 15) is 8.42 Å². The third kappa shape index (κ3) is 3.48. The average molecular weight is 233 g/mol. The lowest BCUT2D eigenvalue weighted by Crippen LogP contribution is -2.27. The zero-order valence-corrected chi connectivity index (χ0v) is 9.90. The number of rotatable bonds is 3. The molecule has 0 amide bonds. The summed E-state index contributed by atoms with van der Waals surface area (Å²) >= 11 is 4.49. The van der Waals surface area contributed by atoms with Gasteiger partial charge in [-0.05, 0) is 43.8 Å². The molecular formula is C9H15NO2S2. The van der Waals surface area contributed by atoms with Crippen molar-refractivity contribution in [2.75, 3.05) is 12.8 Å². The highest BCUT2D eigenvalue weighted by atomic mass is 32.2. The van der Waals surface area contributed by atoms with Crippen LogP contribution in [0.4, 0.5) is 0 Å². The Morgan fingerprint density at radius 3 is 2.36 bits per heavy atom. The molecule has 0 aromatic carbocycles. The van der Waals surface area contributed by atoms with Crippen molar-refractivity contribution in [3.63, 3.8) is 0 Å². The fourth-order valence-corrected chi connectivity index (χ4v) is 3.11. The van der Waals surface area contributed by atoms with Crippen molar-refractivity contribution in [3.05, 3.63) is 0 Å². The van der Waals surface area contributed by atoms with Gasteiger partial charge in [0.05, 0.1) is 17.0 Å². The van der Waals surface area contributed by atoms with Gasteiger partial charge in [-0.15, -0.1) is 0 Å². The van der Waals surface area contributed by atoms with E-state index < -0.39 is 9.84 Å². The van der Waals surface area contributed by atoms with E-state index in [1.807, 2.05) is 0 Å². The SMILES string of the molecule is CS(=O)(=O)C1CCC(CN=C=S)CC1. The molecule has 0 aromatic heterocycles. The van der Waals surface area contributed by atoms with Crippen molar-refractivity contribution in [2.24, 2.45) is 10.9 Å². The van der Waals surface area contributed by atoms with Gasteiger partial charge in [0.15, 0.2) is 0 Å². The zero-order chi connectivity index (χ0) is 10.6. The molecule has 1 saturated carbocycles. The molecule has 0 bridgehead atoms. The van der Waals surface area contributed by atoms with E-state index in [1.54, 1.807) is 0 Å². The largest absolute Gasteiger partial charge is 0.232 e. The van der Waals surface area contributed by atoms with Gasteiger partial charge in [-0.25, -0.2) is 13.4 Å². The molecule has 1 rings (SSSR count). The maximum atomic E-state index is 11.3. The third-order valence-corrected chi connectivity index (χ3v) is 4.62. The zero-order valence-electron chi connectivity index (χ0n) is 8.27. The minimum atomic E-state index is -2.84. The van der Waals surface area contributed by atoms with Gasteiger partial charge in [0, 0.05) is 6.26 Å². The van der Waals surface area contributed by atoms with Crippen LogP contribution in [0, 0.1) is 5.92 Å². The first-order valence-electron chi connectivity index (χ1n) is 4.76.